The highest BCUT2D eigenvalue weighted by Gasteiger charge is 2.51. The molecule has 1 saturated heterocycles. The molecule has 1 unspecified atom stereocenters. The number of aliphatic carboxylic acids is 1. The predicted molar refractivity (Wildman–Crippen MR) is 81.3 cm³/mol. The maximum absolute atomic E-state index is 12.4. The summed E-state index contributed by atoms with van der Waals surface area (Å²) in [5.41, 5.74) is -0.301. The Labute approximate surface area is 131 Å². The molecule has 0 aromatic rings. The first-order valence-corrected chi connectivity index (χ1v) is 8.40. The average molecular weight is 307 g/mol. The zero-order valence-corrected chi connectivity index (χ0v) is 12.9. The Balaban J connectivity index is 1.50. The molecule has 0 aromatic carbocycles. The normalized spacial score (nSPS) is 35.6. The molecule has 1 atom stereocenters. The van der Waals surface area contributed by atoms with E-state index in [1.807, 2.05) is 0 Å². The van der Waals surface area contributed by atoms with Crippen LogP contribution in [-0.4, -0.2) is 35.2 Å². The Kier molecular flexibility index (Phi) is 4.52. The molecule has 22 heavy (non-hydrogen) atoms. The fraction of sp³-hybridized carbons (Fsp3) is 0.765. The highest BCUT2D eigenvalue weighted by molar-refractivity contribution is 5.79. The van der Waals surface area contributed by atoms with Crippen LogP contribution in [0.4, 0.5) is 0 Å². The number of allylic oxidation sites excluding steroid dienone is 2. The molecular weight excluding hydrogens is 282 g/mol. The van der Waals surface area contributed by atoms with Crippen LogP contribution in [0.25, 0.3) is 0 Å². The minimum atomic E-state index is -0.730. The minimum absolute atomic E-state index is 0.113. The number of hydrogen-bond donors (Lipinski definition) is 2. The summed E-state index contributed by atoms with van der Waals surface area (Å²) in [4.78, 5) is 23.4. The first kappa shape index (κ1) is 15.5. The third-order valence-electron chi connectivity index (χ3n) is 5.33. The van der Waals surface area contributed by atoms with Gasteiger partial charge in [0.1, 0.15) is 0 Å². The summed E-state index contributed by atoms with van der Waals surface area (Å²) < 4.78 is 5.83. The molecule has 3 aliphatic rings. The van der Waals surface area contributed by atoms with Crippen molar-refractivity contribution >= 4 is 11.9 Å². The number of carboxylic acids is 1. The second-order valence-corrected chi connectivity index (χ2v) is 7.00. The lowest BCUT2D eigenvalue weighted by molar-refractivity contribution is -0.182. The number of hydrogen-bond acceptors (Lipinski definition) is 3. The van der Waals surface area contributed by atoms with Gasteiger partial charge in [0, 0.05) is 18.6 Å². The van der Waals surface area contributed by atoms with Crippen LogP contribution < -0.4 is 5.32 Å². The molecule has 3 rings (SSSR count). The molecule has 5 heteroatoms. The van der Waals surface area contributed by atoms with Gasteiger partial charge in [-0.3, -0.25) is 9.59 Å². The van der Waals surface area contributed by atoms with Crippen molar-refractivity contribution in [3.05, 3.63) is 12.2 Å². The summed E-state index contributed by atoms with van der Waals surface area (Å²) >= 11 is 0. The molecule has 2 aliphatic carbocycles. The molecule has 0 radical (unpaired) electrons. The predicted octanol–water partition coefficient (Wildman–Crippen LogP) is 2.26. The maximum atomic E-state index is 12.4. The average Bonchev–Trinajstić information content (AvgIpc) is 2.73. The number of rotatable bonds is 3. The second-order valence-electron chi connectivity index (χ2n) is 7.00. The largest absolute Gasteiger partial charge is 0.481 e. The molecule has 2 fully saturated rings. The standard InChI is InChI=1S/C17H25NO4/c19-15(12-5-3-1-2-4-6-12)18-14-7-8-22-17(11-14)9-13(10-17)16(20)21/h1-2,12-14H,3-11H2,(H,18,19)(H,20,21). The summed E-state index contributed by atoms with van der Waals surface area (Å²) in [7, 11) is 0. The van der Waals surface area contributed by atoms with Crippen molar-refractivity contribution in [3.8, 4) is 0 Å². The molecule has 1 amide bonds. The van der Waals surface area contributed by atoms with E-state index in [2.05, 4.69) is 17.5 Å². The number of carboxylic acid groups (broad SMARTS) is 1. The molecule has 122 valence electrons. The molecule has 0 bridgehead atoms. The Morgan fingerprint density at radius 1 is 1.05 bits per heavy atom. The molecule has 1 heterocycles. The molecule has 2 N–H and O–H groups in total. The van der Waals surface area contributed by atoms with Gasteiger partial charge in [0.25, 0.3) is 0 Å². The van der Waals surface area contributed by atoms with Crippen molar-refractivity contribution in [3.63, 3.8) is 0 Å². The van der Waals surface area contributed by atoms with Gasteiger partial charge >= 0.3 is 5.97 Å². The number of carbonyl (C=O) groups is 2. The van der Waals surface area contributed by atoms with E-state index in [0.29, 0.717) is 19.4 Å². The third-order valence-corrected chi connectivity index (χ3v) is 5.33. The fourth-order valence-electron chi connectivity index (χ4n) is 4.00. The van der Waals surface area contributed by atoms with E-state index in [4.69, 9.17) is 9.84 Å². The number of ether oxygens (including phenoxy) is 1. The SMILES string of the molecule is O=C(O)C1CC2(CC(NC(=O)C3CCC=CCC3)CCO2)C1. The van der Waals surface area contributed by atoms with Crippen molar-refractivity contribution in [1.82, 2.24) is 5.32 Å². The van der Waals surface area contributed by atoms with Crippen LogP contribution in [0.1, 0.15) is 51.4 Å². The Morgan fingerprint density at radius 3 is 2.36 bits per heavy atom. The molecule has 1 saturated carbocycles. The molecule has 1 aliphatic heterocycles. The van der Waals surface area contributed by atoms with Crippen LogP contribution in [0.5, 0.6) is 0 Å². The summed E-state index contributed by atoms with van der Waals surface area (Å²) in [6, 6.07) is 0.132. The van der Waals surface area contributed by atoms with Crippen LogP contribution >= 0.6 is 0 Å². The topological polar surface area (TPSA) is 75.6 Å². The van der Waals surface area contributed by atoms with Crippen molar-refractivity contribution < 1.29 is 19.4 Å². The van der Waals surface area contributed by atoms with Gasteiger partial charge in [-0.1, -0.05) is 12.2 Å². The van der Waals surface area contributed by atoms with Gasteiger partial charge in [-0.25, -0.2) is 0 Å². The Bertz CT molecular complexity index is 457. The van der Waals surface area contributed by atoms with E-state index < -0.39 is 5.97 Å². The van der Waals surface area contributed by atoms with E-state index in [1.165, 1.54) is 0 Å². The molecule has 0 aromatic heterocycles. The summed E-state index contributed by atoms with van der Waals surface area (Å²) in [6.45, 7) is 0.615. The highest BCUT2D eigenvalue weighted by atomic mass is 16.5. The van der Waals surface area contributed by atoms with E-state index in [9.17, 15) is 9.59 Å². The molecule has 5 nitrogen and oxygen atoms in total. The van der Waals surface area contributed by atoms with Crippen LogP contribution in [0, 0.1) is 11.8 Å². The van der Waals surface area contributed by atoms with Crippen molar-refractivity contribution in [2.24, 2.45) is 11.8 Å². The maximum Gasteiger partial charge on any atom is 0.306 e. The van der Waals surface area contributed by atoms with Crippen LogP contribution in [0.3, 0.4) is 0 Å². The smallest absolute Gasteiger partial charge is 0.306 e. The van der Waals surface area contributed by atoms with Crippen molar-refractivity contribution in [1.29, 1.82) is 0 Å². The number of nitrogens with one attached hydrogen (secondary N) is 1. The van der Waals surface area contributed by atoms with Gasteiger partial charge in [-0.2, -0.15) is 0 Å². The van der Waals surface area contributed by atoms with E-state index in [-0.39, 0.29) is 29.4 Å². The lowest BCUT2D eigenvalue weighted by Crippen LogP contribution is -2.56. The van der Waals surface area contributed by atoms with E-state index in [1.54, 1.807) is 0 Å². The second kappa shape index (κ2) is 6.41. The molecule has 1 spiro atoms. The van der Waals surface area contributed by atoms with Gasteiger partial charge < -0.3 is 15.2 Å². The minimum Gasteiger partial charge on any atom is -0.481 e. The van der Waals surface area contributed by atoms with Crippen LogP contribution in [-0.2, 0) is 14.3 Å². The van der Waals surface area contributed by atoms with Crippen molar-refractivity contribution in [2.45, 2.75) is 63.0 Å². The zero-order chi connectivity index (χ0) is 15.6. The van der Waals surface area contributed by atoms with Crippen LogP contribution in [0.15, 0.2) is 12.2 Å². The van der Waals surface area contributed by atoms with Crippen molar-refractivity contribution in [2.75, 3.05) is 6.61 Å². The first-order valence-electron chi connectivity index (χ1n) is 8.40. The van der Waals surface area contributed by atoms with Gasteiger partial charge in [0.15, 0.2) is 0 Å². The Morgan fingerprint density at radius 2 is 1.73 bits per heavy atom. The van der Waals surface area contributed by atoms with E-state index in [0.717, 1.165) is 38.5 Å². The van der Waals surface area contributed by atoms with Gasteiger partial charge in [-0.15, -0.1) is 0 Å². The summed E-state index contributed by atoms with van der Waals surface area (Å²) in [5, 5.41) is 12.2. The van der Waals surface area contributed by atoms with Gasteiger partial charge in [-0.05, 0) is 51.4 Å². The summed E-state index contributed by atoms with van der Waals surface area (Å²) in [6.07, 6.45) is 10.9. The van der Waals surface area contributed by atoms with E-state index >= 15 is 0 Å². The van der Waals surface area contributed by atoms with Gasteiger partial charge in [0.2, 0.25) is 5.91 Å². The third kappa shape index (κ3) is 3.35. The summed E-state index contributed by atoms with van der Waals surface area (Å²) in [5.74, 6) is -0.726. The lowest BCUT2D eigenvalue weighted by Gasteiger charge is -2.50. The fourth-order valence-corrected chi connectivity index (χ4v) is 4.00. The first-order chi connectivity index (χ1) is 10.6. The van der Waals surface area contributed by atoms with Gasteiger partial charge in [0.05, 0.1) is 11.5 Å². The van der Waals surface area contributed by atoms with Crippen LogP contribution in [0.2, 0.25) is 0 Å². The monoisotopic (exact) mass is 307 g/mol. The Hall–Kier alpha value is -1.36. The number of carbonyl (C=O) groups excluding carboxylic acids is 1. The zero-order valence-electron chi connectivity index (χ0n) is 12.9. The number of amides is 1. The quantitative estimate of drug-likeness (QED) is 0.784. The molecular formula is C17H25NO4. The lowest BCUT2D eigenvalue weighted by atomic mass is 9.66. The highest BCUT2D eigenvalue weighted by Crippen LogP contribution is 2.46.